The molecule has 1 fully saturated rings. The molecular weight excluding hydrogens is 396 g/mol. The monoisotopic (exact) mass is 426 g/mol. The number of benzene rings is 2. The Kier molecular flexibility index (Phi) is 9.43. The Balaban J connectivity index is 0.000000285. The summed E-state index contributed by atoms with van der Waals surface area (Å²) in [5, 5.41) is 8.48. The number of aryl methyl sites for hydroxylation is 2. The molecule has 1 unspecified atom stereocenters. The molecule has 1 heterocycles. The van der Waals surface area contributed by atoms with Gasteiger partial charge in [0.2, 0.25) is 0 Å². The number of rotatable bonds is 7. The van der Waals surface area contributed by atoms with E-state index in [1.165, 1.54) is 0 Å². The van der Waals surface area contributed by atoms with E-state index in [2.05, 4.69) is 13.5 Å². The lowest BCUT2D eigenvalue weighted by atomic mass is 10.1. The van der Waals surface area contributed by atoms with E-state index < -0.39 is 5.97 Å². The van der Waals surface area contributed by atoms with Gasteiger partial charge >= 0.3 is 11.9 Å². The Hall–Kier alpha value is -2.96. The third kappa shape index (κ3) is 8.00. The van der Waals surface area contributed by atoms with Crippen molar-refractivity contribution in [2.24, 2.45) is 5.92 Å². The van der Waals surface area contributed by atoms with Gasteiger partial charge in [0.05, 0.1) is 23.8 Å². The van der Waals surface area contributed by atoms with Crippen LogP contribution in [0.25, 0.3) is 0 Å². The van der Waals surface area contributed by atoms with Crippen LogP contribution in [-0.4, -0.2) is 42.7 Å². The van der Waals surface area contributed by atoms with Gasteiger partial charge in [-0.15, -0.1) is 6.58 Å². The second-order valence-electron chi connectivity index (χ2n) is 7.60. The Morgan fingerprint density at radius 1 is 1.06 bits per heavy atom. The van der Waals surface area contributed by atoms with Crippen molar-refractivity contribution >= 4 is 11.9 Å². The molecule has 0 radical (unpaired) electrons. The number of ether oxygens (including phenoxy) is 3. The summed E-state index contributed by atoms with van der Waals surface area (Å²) in [6.45, 7) is 10.3. The molecule has 1 N–H and O–H groups in total. The summed E-state index contributed by atoms with van der Waals surface area (Å²) in [6.07, 6.45) is 2.17. The zero-order valence-electron chi connectivity index (χ0n) is 18.2. The summed E-state index contributed by atoms with van der Waals surface area (Å²) in [4.78, 5) is 22.2. The predicted octanol–water partition coefficient (Wildman–Crippen LogP) is 4.80. The van der Waals surface area contributed by atoms with E-state index in [0.717, 1.165) is 17.5 Å². The van der Waals surface area contributed by atoms with Crippen molar-refractivity contribution in [3.63, 3.8) is 0 Å². The highest BCUT2D eigenvalue weighted by Gasteiger charge is 2.33. The smallest absolute Gasteiger partial charge is 0.338 e. The average molecular weight is 427 g/mol. The van der Waals surface area contributed by atoms with Crippen LogP contribution in [0.2, 0.25) is 0 Å². The predicted molar refractivity (Wildman–Crippen MR) is 118 cm³/mol. The van der Waals surface area contributed by atoms with Crippen molar-refractivity contribution in [2.75, 3.05) is 13.2 Å². The van der Waals surface area contributed by atoms with E-state index in [4.69, 9.17) is 19.3 Å². The fourth-order valence-corrected chi connectivity index (χ4v) is 3.02. The molecule has 2 aromatic rings. The van der Waals surface area contributed by atoms with Gasteiger partial charge in [0.15, 0.2) is 6.29 Å². The number of hydrogen-bond donors (Lipinski definition) is 1. The van der Waals surface area contributed by atoms with Crippen molar-refractivity contribution in [2.45, 2.75) is 39.6 Å². The minimum atomic E-state index is -0.875. The fraction of sp³-hybridized carbons (Fsp3) is 0.360. The zero-order chi connectivity index (χ0) is 22.8. The number of carbonyl (C=O) groups is 2. The molecule has 0 bridgehead atoms. The van der Waals surface area contributed by atoms with E-state index in [0.29, 0.717) is 17.7 Å². The molecule has 1 aliphatic heterocycles. The molecule has 166 valence electrons. The number of carbonyl (C=O) groups excluding carboxylic acids is 1. The lowest BCUT2D eigenvalue weighted by molar-refractivity contribution is -0.146. The number of carboxylic acids is 1. The maximum atomic E-state index is 11.9. The zero-order valence-corrected chi connectivity index (χ0v) is 18.2. The molecular formula is C25H30O6. The third-order valence-electron chi connectivity index (χ3n) is 4.79. The lowest BCUT2D eigenvalue weighted by Crippen LogP contribution is -2.21. The van der Waals surface area contributed by atoms with E-state index in [1.807, 2.05) is 26.0 Å². The van der Waals surface area contributed by atoms with E-state index >= 15 is 0 Å². The van der Waals surface area contributed by atoms with Gasteiger partial charge in [-0.05, 0) is 44.5 Å². The van der Waals surface area contributed by atoms with Crippen LogP contribution >= 0.6 is 0 Å². The van der Waals surface area contributed by atoms with E-state index in [1.54, 1.807) is 42.5 Å². The van der Waals surface area contributed by atoms with Gasteiger partial charge < -0.3 is 19.3 Å². The normalized spacial score (nSPS) is 19.8. The van der Waals surface area contributed by atoms with Crippen LogP contribution in [0.5, 0.6) is 0 Å². The number of esters is 1. The summed E-state index contributed by atoms with van der Waals surface area (Å²) in [7, 11) is 0. The fourth-order valence-electron chi connectivity index (χ4n) is 3.02. The van der Waals surface area contributed by atoms with Gasteiger partial charge in [0, 0.05) is 5.92 Å². The van der Waals surface area contributed by atoms with Gasteiger partial charge in [-0.2, -0.15) is 0 Å². The molecule has 31 heavy (non-hydrogen) atoms. The minimum absolute atomic E-state index is 0.107. The minimum Gasteiger partial charge on any atom is -0.478 e. The van der Waals surface area contributed by atoms with E-state index in [-0.39, 0.29) is 30.9 Å². The molecule has 0 aromatic heterocycles. The largest absolute Gasteiger partial charge is 0.478 e. The first-order valence-corrected chi connectivity index (χ1v) is 10.2. The highest BCUT2D eigenvalue weighted by atomic mass is 16.7. The second kappa shape index (κ2) is 12.0. The molecule has 1 aliphatic rings. The van der Waals surface area contributed by atoms with Crippen LogP contribution in [0.1, 0.15) is 45.2 Å². The maximum absolute atomic E-state index is 11.9. The number of hydrogen-bond acceptors (Lipinski definition) is 5. The Morgan fingerprint density at radius 2 is 1.61 bits per heavy atom. The maximum Gasteiger partial charge on any atom is 0.338 e. The molecule has 0 aliphatic carbocycles. The Labute approximate surface area is 183 Å². The van der Waals surface area contributed by atoms with Gasteiger partial charge in [0.25, 0.3) is 0 Å². The van der Waals surface area contributed by atoms with Crippen molar-refractivity contribution in [3.05, 3.63) is 83.4 Å². The molecule has 1 saturated heterocycles. The molecule has 3 atom stereocenters. The van der Waals surface area contributed by atoms with Crippen LogP contribution in [0.4, 0.5) is 0 Å². The van der Waals surface area contributed by atoms with Crippen molar-refractivity contribution in [3.8, 4) is 0 Å². The SMILES string of the molecule is C=CCOC1O[C@H](COC(=O)c2ccc(C)cc2)C[C@@H]1C.Cc1ccc(C(=O)O)cc1. The second-order valence-corrected chi connectivity index (χ2v) is 7.60. The van der Waals surface area contributed by atoms with Crippen LogP contribution in [0.3, 0.4) is 0 Å². The van der Waals surface area contributed by atoms with Gasteiger partial charge in [-0.3, -0.25) is 0 Å². The van der Waals surface area contributed by atoms with Gasteiger partial charge in [-0.25, -0.2) is 9.59 Å². The average Bonchev–Trinajstić information content (AvgIpc) is 3.11. The first-order valence-electron chi connectivity index (χ1n) is 10.2. The van der Waals surface area contributed by atoms with E-state index in [9.17, 15) is 9.59 Å². The number of aromatic carboxylic acids is 1. The van der Waals surface area contributed by atoms with Crippen LogP contribution < -0.4 is 0 Å². The standard InChI is InChI=1S/C17H22O4.C8H8O2/c1-4-9-19-17-13(3)10-15(21-17)11-20-16(18)14-7-5-12(2)6-8-14;1-6-2-4-7(5-3-6)8(9)10/h4-8,13,15,17H,1,9-11H2,2-3H3;2-5H,1H3,(H,9,10)/t13-,15-,17?;/m0./s1. The van der Waals surface area contributed by atoms with Crippen LogP contribution in [-0.2, 0) is 14.2 Å². The molecule has 6 heteroatoms. The van der Waals surface area contributed by atoms with Crippen LogP contribution in [0.15, 0.2) is 61.2 Å². The summed E-state index contributed by atoms with van der Waals surface area (Å²) in [6, 6.07) is 14.1. The molecule has 0 spiro atoms. The summed E-state index contributed by atoms with van der Waals surface area (Å²) < 4.78 is 16.6. The first kappa shape index (κ1) is 24.3. The molecule has 2 aromatic carbocycles. The Bertz CT molecular complexity index is 857. The molecule has 6 nitrogen and oxygen atoms in total. The first-order chi connectivity index (χ1) is 14.8. The molecule has 0 saturated carbocycles. The topological polar surface area (TPSA) is 82.1 Å². The van der Waals surface area contributed by atoms with Crippen LogP contribution in [0, 0.1) is 19.8 Å². The highest BCUT2D eigenvalue weighted by molar-refractivity contribution is 5.89. The summed E-state index contributed by atoms with van der Waals surface area (Å²) in [5.41, 5.74) is 3.09. The number of carboxylic acid groups (broad SMARTS) is 1. The van der Waals surface area contributed by atoms with Gasteiger partial charge in [0.1, 0.15) is 6.61 Å². The third-order valence-corrected chi connectivity index (χ3v) is 4.79. The Morgan fingerprint density at radius 3 is 2.13 bits per heavy atom. The lowest BCUT2D eigenvalue weighted by Gasteiger charge is -2.15. The summed E-state index contributed by atoms with van der Waals surface area (Å²) >= 11 is 0. The van der Waals surface area contributed by atoms with Crippen molar-refractivity contribution < 1.29 is 28.9 Å². The molecule has 3 rings (SSSR count). The van der Waals surface area contributed by atoms with Crippen molar-refractivity contribution in [1.29, 1.82) is 0 Å². The molecule has 0 amide bonds. The van der Waals surface area contributed by atoms with Crippen molar-refractivity contribution in [1.82, 2.24) is 0 Å². The summed E-state index contributed by atoms with van der Waals surface area (Å²) in [5.74, 6) is -0.908. The quantitative estimate of drug-likeness (QED) is 0.506. The van der Waals surface area contributed by atoms with Gasteiger partial charge in [-0.1, -0.05) is 48.4 Å². The highest BCUT2D eigenvalue weighted by Crippen LogP contribution is 2.27.